The minimum atomic E-state index is -2.19. The quantitative estimate of drug-likeness (QED) is 0.537. The maximum Gasteiger partial charge on any atom is 0.141 e. The summed E-state index contributed by atoms with van der Waals surface area (Å²) in [4.78, 5) is 0. The van der Waals surface area contributed by atoms with Crippen molar-refractivity contribution in [3.63, 3.8) is 0 Å². The fourth-order valence-corrected chi connectivity index (χ4v) is 0.756. The molecule has 0 radical (unpaired) electrons. The summed E-state index contributed by atoms with van der Waals surface area (Å²) in [6.07, 6.45) is 0. The first kappa shape index (κ1) is 8.91. The maximum atomic E-state index is 9.98. The van der Waals surface area contributed by atoms with E-state index in [0.29, 0.717) is 12.6 Å². The normalized spacial score (nSPS) is 11.1. The standard InChI is InChI=1S/C5H13NO2S/c1-5(2)6-3-4-9(7)8/h5-6,9H,3-4H2,1-2H3. The lowest BCUT2D eigenvalue weighted by molar-refractivity contribution is 0.591. The Morgan fingerprint density at radius 3 is 2.33 bits per heavy atom. The van der Waals surface area contributed by atoms with Gasteiger partial charge in [0, 0.05) is 12.6 Å². The Balaban J connectivity index is 3.10. The molecular formula is C5H13NO2S. The summed E-state index contributed by atoms with van der Waals surface area (Å²) in [6, 6.07) is 0.375. The maximum absolute atomic E-state index is 9.98. The minimum Gasteiger partial charge on any atom is -0.314 e. The fraction of sp³-hybridized carbons (Fsp3) is 1.00. The van der Waals surface area contributed by atoms with Gasteiger partial charge in [-0.05, 0) is 0 Å². The molecule has 0 amide bonds. The van der Waals surface area contributed by atoms with Gasteiger partial charge in [0.15, 0.2) is 0 Å². The van der Waals surface area contributed by atoms with E-state index >= 15 is 0 Å². The number of thiol groups is 1. The molecule has 0 heterocycles. The first-order valence-corrected chi connectivity index (χ1v) is 4.34. The molecule has 0 unspecified atom stereocenters. The highest BCUT2D eigenvalue weighted by Crippen LogP contribution is 1.73. The molecule has 0 aliphatic heterocycles. The molecule has 1 N–H and O–H groups in total. The molecular weight excluding hydrogens is 138 g/mol. The third-order valence-corrected chi connectivity index (χ3v) is 1.44. The average Bonchev–Trinajstić information content (AvgIpc) is 1.63. The molecule has 0 rings (SSSR count). The highest BCUT2D eigenvalue weighted by atomic mass is 32.2. The predicted octanol–water partition coefficient (Wildman–Crippen LogP) is -0.404. The van der Waals surface area contributed by atoms with Crippen molar-refractivity contribution in [1.29, 1.82) is 0 Å². The van der Waals surface area contributed by atoms with Crippen LogP contribution in [0.5, 0.6) is 0 Å². The SMILES string of the molecule is CC(C)NCC[SH](=O)=O. The van der Waals surface area contributed by atoms with Crippen molar-refractivity contribution in [2.24, 2.45) is 0 Å². The Morgan fingerprint density at radius 2 is 2.00 bits per heavy atom. The Bertz CT molecular complexity index is 123. The summed E-state index contributed by atoms with van der Waals surface area (Å²) in [6.45, 7) is 4.53. The number of nitrogens with one attached hydrogen (secondary N) is 1. The Hall–Kier alpha value is -0.0900. The molecule has 0 spiro atoms. The first-order valence-electron chi connectivity index (χ1n) is 2.98. The predicted molar refractivity (Wildman–Crippen MR) is 38.3 cm³/mol. The summed E-state index contributed by atoms with van der Waals surface area (Å²) < 4.78 is 20.0. The topological polar surface area (TPSA) is 46.2 Å². The fourth-order valence-electron chi connectivity index (χ4n) is 0.445. The van der Waals surface area contributed by atoms with Crippen LogP contribution >= 0.6 is 0 Å². The molecule has 0 aromatic rings. The largest absolute Gasteiger partial charge is 0.314 e. The second-order valence-electron chi connectivity index (χ2n) is 2.17. The molecule has 0 bridgehead atoms. The van der Waals surface area contributed by atoms with Crippen LogP contribution in [-0.2, 0) is 10.7 Å². The van der Waals surface area contributed by atoms with Crippen molar-refractivity contribution in [2.45, 2.75) is 19.9 Å². The van der Waals surface area contributed by atoms with E-state index in [-0.39, 0.29) is 5.75 Å². The zero-order valence-electron chi connectivity index (χ0n) is 5.76. The van der Waals surface area contributed by atoms with Gasteiger partial charge in [-0.2, -0.15) is 0 Å². The van der Waals surface area contributed by atoms with Crippen LogP contribution in [0, 0.1) is 0 Å². The van der Waals surface area contributed by atoms with Gasteiger partial charge in [0.25, 0.3) is 0 Å². The van der Waals surface area contributed by atoms with Gasteiger partial charge in [-0.3, -0.25) is 0 Å². The van der Waals surface area contributed by atoms with Crippen molar-refractivity contribution in [2.75, 3.05) is 12.3 Å². The van der Waals surface area contributed by atoms with E-state index in [2.05, 4.69) is 5.32 Å². The first-order chi connectivity index (χ1) is 4.13. The molecule has 4 heteroatoms. The summed E-state index contributed by atoms with van der Waals surface area (Å²) >= 11 is 0. The highest BCUT2D eigenvalue weighted by molar-refractivity contribution is 7.72. The molecule has 56 valence electrons. The van der Waals surface area contributed by atoms with E-state index in [4.69, 9.17) is 0 Å². The van der Waals surface area contributed by atoms with Crippen molar-refractivity contribution in [3.05, 3.63) is 0 Å². The Labute approximate surface area is 57.4 Å². The van der Waals surface area contributed by atoms with Crippen molar-refractivity contribution in [1.82, 2.24) is 5.32 Å². The van der Waals surface area contributed by atoms with Gasteiger partial charge in [-0.15, -0.1) is 0 Å². The van der Waals surface area contributed by atoms with Gasteiger partial charge in [-0.25, -0.2) is 8.42 Å². The lowest BCUT2D eigenvalue weighted by Gasteiger charge is -2.03. The van der Waals surface area contributed by atoms with Crippen LogP contribution in [0.15, 0.2) is 0 Å². The van der Waals surface area contributed by atoms with Gasteiger partial charge >= 0.3 is 0 Å². The van der Waals surface area contributed by atoms with Crippen LogP contribution in [0.3, 0.4) is 0 Å². The minimum absolute atomic E-state index is 0.244. The number of rotatable bonds is 4. The molecule has 0 saturated carbocycles. The van der Waals surface area contributed by atoms with Crippen LogP contribution in [0.25, 0.3) is 0 Å². The van der Waals surface area contributed by atoms with Gasteiger partial charge in [0.05, 0.1) is 5.75 Å². The molecule has 0 atom stereocenters. The van der Waals surface area contributed by atoms with E-state index in [0.717, 1.165) is 0 Å². The zero-order chi connectivity index (χ0) is 7.28. The zero-order valence-corrected chi connectivity index (χ0v) is 6.65. The van der Waals surface area contributed by atoms with Crippen LogP contribution in [-0.4, -0.2) is 26.8 Å². The summed E-state index contributed by atoms with van der Waals surface area (Å²) in [5, 5.41) is 2.99. The lowest BCUT2D eigenvalue weighted by Crippen LogP contribution is -2.26. The molecule has 0 aromatic heterocycles. The van der Waals surface area contributed by atoms with E-state index < -0.39 is 10.7 Å². The molecule has 0 aliphatic carbocycles. The van der Waals surface area contributed by atoms with Gasteiger partial charge in [-0.1, -0.05) is 13.8 Å². The summed E-state index contributed by atoms with van der Waals surface area (Å²) in [5.74, 6) is 0.244. The Kier molecular flexibility index (Phi) is 4.71. The highest BCUT2D eigenvalue weighted by Gasteiger charge is 1.90. The van der Waals surface area contributed by atoms with E-state index in [9.17, 15) is 8.42 Å². The second kappa shape index (κ2) is 4.76. The van der Waals surface area contributed by atoms with Crippen molar-refractivity contribution >= 4 is 10.7 Å². The van der Waals surface area contributed by atoms with Gasteiger partial charge in [0.2, 0.25) is 0 Å². The van der Waals surface area contributed by atoms with Crippen LogP contribution in [0.2, 0.25) is 0 Å². The summed E-state index contributed by atoms with van der Waals surface area (Å²) in [7, 11) is -2.19. The monoisotopic (exact) mass is 151 g/mol. The van der Waals surface area contributed by atoms with E-state index in [1.807, 2.05) is 13.8 Å². The average molecular weight is 151 g/mol. The number of hydrogen-bond acceptors (Lipinski definition) is 3. The second-order valence-corrected chi connectivity index (χ2v) is 3.28. The van der Waals surface area contributed by atoms with Crippen LogP contribution < -0.4 is 5.32 Å². The van der Waals surface area contributed by atoms with Gasteiger partial charge < -0.3 is 5.32 Å². The van der Waals surface area contributed by atoms with E-state index in [1.165, 1.54) is 0 Å². The van der Waals surface area contributed by atoms with Crippen molar-refractivity contribution < 1.29 is 8.42 Å². The molecule has 9 heavy (non-hydrogen) atoms. The van der Waals surface area contributed by atoms with Crippen LogP contribution in [0.1, 0.15) is 13.8 Å². The smallest absolute Gasteiger partial charge is 0.141 e. The molecule has 0 aromatic carbocycles. The van der Waals surface area contributed by atoms with Crippen LogP contribution in [0.4, 0.5) is 0 Å². The Morgan fingerprint density at radius 1 is 1.44 bits per heavy atom. The summed E-state index contributed by atoms with van der Waals surface area (Å²) in [5.41, 5.74) is 0. The van der Waals surface area contributed by atoms with Gasteiger partial charge in [0.1, 0.15) is 10.7 Å². The number of hydrogen-bond donors (Lipinski definition) is 2. The lowest BCUT2D eigenvalue weighted by atomic mass is 10.4. The molecule has 0 fully saturated rings. The molecule has 3 nitrogen and oxygen atoms in total. The third-order valence-electron chi connectivity index (χ3n) is 0.847. The van der Waals surface area contributed by atoms with Crippen molar-refractivity contribution in [3.8, 4) is 0 Å². The molecule has 0 saturated heterocycles. The van der Waals surface area contributed by atoms with E-state index in [1.54, 1.807) is 0 Å². The molecule has 0 aliphatic rings. The third kappa shape index (κ3) is 7.91.